The molecule has 2 N–H and O–H groups in total. The van der Waals surface area contributed by atoms with E-state index in [1.54, 1.807) is 12.3 Å². The normalized spacial score (nSPS) is 16.4. The fourth-order valence-corrected chi connectivity index (χ4v) is 2.34. The minimum atomic E-state index is -0.383. The maximum atomic E-state index is 11.0. The van der Waals surface area contributed by atoms with Crippen molar-refractivity contribution in [1.82, 2.24) is 4.98 Å². The van der Waals surface area contributed by atoms with Crippen LogP contribution in [0, 0.1) is 10.1 Å². The lowest BCUT2D eigenvalue weighted by Crippen LogP contribution is -2.38. The Hall–Kier alpha value is -1.73. The van der Waals surface area contributed by atoms with Crippen molar-refractivity contribution in [2.45, 2.75) is 25.4 Å². The fourth-order valence-electron chi connectivity index (χ4n) is 2.34. The van der Waals surface area contributed by atoms with Crippen LogP contribution in [0.25, 0.3) is 0 Å². The van der Waals surface area contributed by atoms with E-state index in [-0.39, 0.29) is 16.7 Å². The van der Waals surface area contributed by atoms with Crippen LogP contribution in [0.15, 0.2) is 18.3 Å². The van der Waals surface area contributed by atoms with Crippen LogP contribution in [0.3, 0.4) is 0 Å². The molecule has 1 fully saturated rings. The first kappa shape index (κ1) is 14.7. The molecule has 1 aliphatic heterocycles. The van der Waals surface area contributed by atoms with Gasteiger partial charge in [0.05, 0.1) is 11.0 Å². The molecular weight excluding hydrogens is 260 g/mol. The number of piperidine rings is 1. The van der Waals surface area contributed by atoms with E-state index in [4.69, 9.17) is 10.5 Å². The molecule has 110 valence electrons. The number of rotatable bonds is 6. The van der Waals surface area contributed by atoms with Crippen molar-refractivity contribution in [3.8, 4) is 0 Å². The van der Waals surface area contributed by atoms with Crippen molar-refractivity contribution in [3.63, 3.8) is 0 Å². The smallest absolute Gasteiger partial charge is 0.311 e. The Morgan fingerprint density at radius 1 is 1.50 bits per heavy atom. The van der Waals surface area contributed by atoms with Gasteiger partial charge in [0.15, 0.2) is 0 Å². The Bertz CT molecular complexity index is 447. The first-order valence-electron chi connectivity index (χ1n) is 6.88. The molecule has 2 heterocycles. The van der Waals surface area contributed by atoms with E-state index in [9.17, 15) is 10.1 Å². The van der Waals surface area contributed by atoms with Gasteiger partial charge in [-0.1, -0.05) is 0 Å². The average Bonchev–Trinajstić information content (AvgIpc) is 2.48. The first-order chi connectivity index (χ1) is 9.72. The van der Waals surface area contributed by atoms with Gasteiger partial charge in [-0.2, -0.15) is 0 Å². The highest BCUT2D eigenvalue weighted by molar-refractivity contribution is 5.57. The summed E-state index contributed by atoms with van der Waals surface area (Å²) < 4.78 is 5.72. The largest absolute Gasteiger partial charge is 0.378 e. The molecule has 1 aromatic heterocycles. The summed E-state index contributed by atoms with van der Waals surface area (Å²) in [4.78, 5) is 16.7. The minimum Gasteiger partial charge on any atom is -0.378 e. The van der Waals surface area contributed by atoms with Crippen LogP contribution in [-0.4, -0.2) is 42.3 Å². The lowest BCUT2D eigenvalue weighted by atomic mass is 10.1. The van der Waals surface area contributed by atoms with Gasteiger partial charge in [-0.15, -0.1) is 0 Å². The molecule has 0 aliphatic carbocycles. The van der Waals surface area contributed by atoms with E-state index < -0.39 is 0 Å². The van der Waals surface area contributed by atoms with Crippen molar-refractivity contribution >= 4 is 11.5 Å². The SMILES string of the molecule is NCCCOC1CCN(c2ncccc2[N+](=O)[O-])CC1. The zero-order valence-electron chi connectivity index (χ0n) is 11.4. The monoisotopic (exact) mass is 280 g/mol. The Kier molecular flexibility index (Phi) is 5.25. The van der Waals surface area contributed by atoms with Gasteiger partial charge in [-0.3, -0.25) is 10.1 Å². The second kappa shape index (κ2) is 7.16. The molecule has 7 heteroatoms. The van der Waals surface area contributed by atoms with Gasteiger partial charge in [-0.05, 0) is 31.9 Å². The number of ether oxygens (including phenoxy) is 1. The predicted molar refractivity (Wildman–Crippen MR) is 75.7 cm³/mol. The number of hydrogen-bond acceptors (Lipinski definition) is 6. The molecule has 1 aromatic rings. The third kappa shape index (κ3) is 3.64. The molecule has 0 radical (unpaired) electrons. The van der Waals surface area contributed by atoms with E-state index in [0.29, 0.717) is 19.0 Å². The predicted octanol–water partition coefficient (Wildman–Crippen LogP) is 1.32. The van der Waals surface area contributed by atoms with Crippen molar-refractivity contribution in [3.05, 3.63) is 28.4 Å². The minimum absolute atomic E-state index is 0.0648. The summed E-state index contributed by atoms with van der Waals surface area (Å²) in [6.45, 7) is 2.78. The molecule has 1 aliphatic rings. The molecule has 0 atom stereocenters. The van der Waals surface area contributed by atoms with Gasteiger partial charge in [0.25, 0.3) is 0 Å². The molecule has 2 rings (SSSR count). The van der Waals surface area contributed by atoms with Crippen LogP contribution in [0.1, 0.15) is 19.3 Å². The zero-order chi connectivity index (χ0) is 14.4. The van der Waals surface area contributed by atoms with Gasteiger partial charge in [0.1, 0.15) is 0 Å². The molecule has 0 amide bonds. The number of aromatic nitrogens is 1. The standard InChI is InChI=1S/C13H20N4O3/c14-6-2-10-20-11-4-8-16(9-5-11)13-12(17(18)19)3-1-7-15-13/h1,3,7,11H,2,4-6,8-10,14H2. The molecule has 0 unspecified atom stereocenters. The molecule has 20 heavy (non-hydrogen) atoms. The second-order valence-corrected chi connectivity index (χ2v) is 4.80. The molecule has 0 bridgehead atoms. The number of anilines is 1. The second-order valence-electron chi connectivity index (χ2n) is 4.80. The Labute approximate surface area is 117 Å². The summed E-state index contributed by atoms with van der Waals surface area (Å²) >= 11 is 0. The molecule has 0 aromatic carbocycles. The molecule has 0 spiro atoms. The summed E-state index contributed by atoms with van der Waals surface area (Å²) in [5.74, 6) is 0.456. The third-order valence-electron chi connectivity index (χ3n) is 3.41. The number of nitro groups is 1. The van der Waals surface area contributed by atoms with Gasteiger partial charge in [0.2, 0.25) is 5.82 Å². The van der Waals surface area contributed by atoms with Crippen LogP contribution in [0.2, 0.25) is 0 Å². The van der Waals surface area contributed by atoms with Crippen LogP contribution in [0.5, 0.6) is 0 Å². The van der Waals surface area contributed by atoms with Crippen LogP contribution in [0.4, 0.5) is 11.5 Å². The first-order valence-corrected chi connectivity index (χ1v) is 6.88. The quantitative estimate of drug-likeness (QED) is 0.480. The number of nitrogens with two attached hydrogens (primary N) is 1. The van der Waals surface area contributed by atoms with Crippen molar-refractivity contribution in [2.75, 3.05) is 31.1 Å². The van der Waals surface area contributed by atoms with E-state index in [1.807, 2.05) is 4.90 Å². The fraction of sp³-hybridized carbons (Fsp3) is 0.615. The van der Waals surface area contributed by atoms with Gasteiger partial charge >= 0.3 is 5.69 Å². The molecule has 1 saturated heterocycles. The highest BCUT2D eigenvalue weighted by atomic mass is 16.6. The Morgan fingerprint density at radius 2 is 2.25 bits per heavy atom. The molecular formula is C13H20N4O3. The highest BCUT2D eigenvalue weighted by Gasteiger charge is 2.25. The van der Waals surface area contributed by atoms with E-state index >= 15 is 0 Å². The van der Waals surface area contributed by atoms with Crippen LogP contribution in [-0.2, 0) is 4.74 Å². The van der Waals surface area contributed by atoms with Crippen LogP contribution < -0.4 is 10.6 Å². The highest BCUT2D eigenvalue weighted by Crippen LogP contribution is 2.27. The van der Waals surface area contributed by atoms with Crippen LogP contribution >= 0.6 is 0 Å². The maximum Gasteiger partial charge on any atom is 0.311 e. The zero-order valence-corrected chi connectivity index (χ0v) is 11.4. The van der Waals surface area contributed by atoms with Gasteiger partial charge in [-0.25, -0.2) is 4.98 Å². The summed E-state index contributed by atoms with van der Waals surface area (Å²) in [6.07, 6.45) is 4.40. The van der Waals surface area contributed by atoms with E-state index in [2.05, 4.69) is 4.98 Å². The summed E-state index contributed by atoms with van der Waals surface area (Å²) in [7, 11) is 0. The lowest BCUT2D eigenvalue weighted by molar-refractivity contribution is -0.384. The van der Waals surface area contributed by atoms with E-state index in [0.717, 1.165) is 32.4 Å². The van der Waals surface area contributed by atoms with Crippen molar-refractivity contribution in [1.29, 1.82) is 0 Å². The molecule has 7 nitrogen and oxygen atoms in total. The summed E-state index contributed by atoms with van der Waals surface area (Å²) in [5, 5.41) is 11.0. The number of nitrogens with zero attached hydrogens (tertiary/aromatic N) is 3. The summed E-state index contributed by atoms with van der Waals surface area (Å²) in [6, 6.07) is 3.08. The number of hydrogen-bond donors (Lipinski definition) is 1. The molecule has 0 saturated carbocycles. The third-order valence-corrected chi connectivity index (χ3v) is 3.41. The van der Waals surface area contributed by atoms with E-state index in [1.165, 1.54) is 6.07 Å². The van der Waals surface area contributed by atoms with Crippen molar-refractivity contribution in [2.24, 2.45) is 5.73 Å². The topological polar surface area (TPSA) is 94.5 Å². The lowest BCUT2D eigenvalue weighted by Gasteiger charge is -2.32. The number of pyridine rings is 1. The van der Waals surface area contributed by atoms with Gasteiger partial charge < -0.3 is 15.4 Å². The Balaban J connectivity index is 1.92. The maximum absolute atomic E-state index is 11.0. The Morgan fingerprint density at radius 3 is 2.90 bits per heavy atom. The summed E-state index contributed by atoms with van der Waals surface area (Å²) in [5.41, 5.74) is 5.49. The van der Waals surface area contributed by atoms with Crippen molar-refractivity contribution < 1.29 is 9.66 Å². The van der Waals surface area contributed by atoms with Gasteiger partial charge in [0, 0.05) is 32.0 Å². The average molecular weight is 280 g/mol.